The van der Waals surface area contributed by atoms with Crippen LogP contribution in [0.5, 0.6) is 5.75 Å². The van der Waals surface area contributed by atoms with E-state index in [1.54, 1.807) is 6.07 Å². The summed E-state index contributed by atoms with van der Waals surface area (Å²) in [5.41, 5.74) is 7.36. The van der Waals surface area contributed by atoms with Crippen molar-refractivity contribution >= 4 is 85.1 Å². The van der Waals surface area contributed by atoms with Crippen LogP contribution in [0.1, 0.15) is 5.56 Å². The zero-order valence-corrected chi connectivity index (χ0v) is 16.8. The lowest BCUT2D eigenvalue weighted by atomic mass is 10.2. The van der Waals surface area contributed by atoms with Crippen LogP contribution in [-0.4, -0.2) is 0 Å². The van der Waals surface area contributed by atoms with Gasteiger partial charge in [-0.15, -0.1) is 0 Å². The highest BCUT2D eigenvalue weighted by molar-refractivity contribution is 14.1. The van der Waals surface area contributed by atoms with Crippen LogP contribution in [0.25, 0.3) is 0 Å². The Kier molecular flexibility index (Phi) is 5.85. The molecule has 0 saturated heterocycles. The number of rotatable bonds is 3. The summed E-state index contributed by atoms with van der Waals surface area (Å²) in [5, 5.41) is 0.571. The molecule has 0 amide bonds. The van der Waals surface area contributed by atoms with E-state index in [0.29, 0.717) is 17.3 Å². The Hall–Kier alpha value is 0.520. The molecule has 0 unspecified atom stereocenters. The average molecular weight is 611 g/mol. The summed E-state index contributed by atoms with van der Waals surface area (Å²) >= 11 is 12.8. The fraction of sp³-hybridized carbons (Fsp3) is 0.0769. The molecule has 0 aliphatic rings. The van der Waals surface area contributed by atoms with Crippen LogP contribution in [0.4, 0.5) is 5.69 Å². The molecule has 0 spiro atoms. The summed E-state index contributed by atoms with van der Waals surface area (Å²) in [7, 11) is 0. The number of nitrogens with two attached hydrogens (primary N) is 1. The van der Waals surface area contributed by atoms with E-state index >= 15 is 0 Å². The van der Waals surface area contributed by atoms with Crippen LogP contribution in [0.2, 0.25) is 5.02 Å². The molecule has 0 atom stereocenters. The van der Waals surface area contributed by atoms with E-state index < -0.39 is 0 Å². The first-order valence-electron chi connectivity index (χ1n) is 5.28. The van der Waals surface area contributed by atoms with Crippen molar-refractivity contribution in [2.45, 2.75) is 6.61 Å². The number of hydrogen-bond acceptors (Lipinski definition) is 2. The molecule has 0 aliphatic carbocycles. The Balaban J connectivity index is 2.16. The lowest BCUT2D eigenvalue weighted by Crippen LogP contribution is -2.00. The van der Waals surface area contributed by atoms with Gasteiger partial charge in [0.05, 0.1) is 17.9 Å². The molecule has 0 saturated carbocycles. The third kappa shape index (κ3) is 4.24. The Bertz CT molecular complexity index is 596. The topological polar surface area (TPSA) is 35.2 Å². The van der Waals surface area contributed by atoms with Crippen LogP contribution < -0.4 is 10.5 Å². The van der Waals surface area contributed by atoms with Gasteiger partial charge in [-0.3, -0.25) is 0 Å². The minimum atomic E-state index is 0.480. The van der Waals surface area contributed by atoms with Crippen molar-refractivity contribution in [3.8, 4) is 5.75 Å². The summed E-state index contributed by atoms with van der Waals surface area (Å²) in [4.78, 5) is 0. The molecular formula is C13H9ClI3NO. The molecule has 0 aromatic heterocycles. The lowest BCUT2D eigenvalue weighted by Gasteiger charge is -2.11. The Morgan fingerprint density at radius 2 is 1.68 bits per heavy atom. The van der Waals surface area contributed by atoms with Crippen molar-refractivity contribution in [3.05, 3.63) is 51.6 Å². The molecule has 2 rings (SSSR count). The van der Waals surface area contributed by atoms with Gasteiger partial charge in [-0.05, 0) is 97.6 Å². The summed E-state index contributed by atoms with van der Waals surface area (Å²) in [6.07, 6.45) is 0. The smallest absolute Gasteiger partial charge is 0.146 e. The van der Waals surface area contributed by atoms with Gasteiger partial charge in [0.2, 0.25) is 0 Å². The predicted octanol–water partition coefficient (Wildman–Crippen LogP) is 5.32. The van der Waals surface area contributed by atoms with Crippen molar-refractivity contribution in [1.82, 2.24) is 0 Å². The van der Waals surface area contributed by atoms with E-state index in [4.69, 9.17) is 22.1 Å². The van der Waals surface area contributed by atoms with E-state index in [2.05, 4.69) is 79.9 Å². The quantitative estimate of drug-likeness (QED) is 0.377. The summed E-state index contributed by atoms with van der Waals surface area (Å²) in [5.74, 6) is 0.912. The highest BCUT2D eigenvalue weighted by Crippen LogP contribution is 2.30. The molecule has 2 aromatic rings. The Morgan fingerprint density at radius 1 is 1.05 bits per heavy atom. The van der Waals surface area contributed by atoms with Crippen LogP contribution in [-0.2, 0) is 6.61 Å². The van der Waals surface area contributed by atoms with Crippen molar-refractivity contribution < 1.29 is 4.74 Å². The highest BCUT2D eigenvalue weighted by Gasteiger charge is 2.08. The van der Waals surface area contributed by atoms with Gasteiger partial charge in [-0.25, -0.2) is 0 Å². The van der Waals surface area contributed by atoms with Gasteiger partial charge >= 0.3 is 0 Å². The maximum Gasteiger partial charge on any atom is 0.146 e. The monoisotopic (exact) mass is 611 g/mol. The van der Waals surface area contributed by atoms with E-state index in [-0.39, 0.29) is 0 Å². The molecule has 0 aliphatic heterocycles. The summed E-state index contributed by atoms with van der Waals surface area (Å²) < 4.78 is 9.30. The third-order valence-corrected chi connectivity index (χ3v) is 4.98. The van der Waals surface area contributed by atoms with Gasteiger partial charge in [-0.2, -0.15) is 0 Å². The molecule has 0 bridgehead atoms. The Morgan fingerprint density at radius 3 is 2.26 bits per heavy atom. The fourth-order valence-electron chi connectivity index (χ4n) is 1.51. The van der Waals surface area contributed by atoms with Gasteiger partial charge in [0, 0.05) is 3.57 Å². The van der Waals surface area contributed by atoms with Crippen LogP contribution >= 0.6 is 79.4 Å². The largest absolute Gasteiger partial charge is 0.487 e. The van der Waals surface area contributed by atoms with Gasteiger partial charge in [0.15, 0.2) is 0 Å². The number of ether oxygens (including phenoxy) is 1. The van der Waals surface area contributed by atoms with Crippen LogP contribution in [0.3, 0.4) is 0 Å². The van der Waals surface area contributed by atoms with E-state index in [1.807, 2.05) is 12.1 Å². The van der Waals surface area contributed by atoms with Crippen LogP contribution in [0, 0.1) is 10.7 Å². The first kappa shape index (κ1) is 15.9. The molecular weight excluding hydrogens is 602 g/mol. The second-order valence-corrected chi connectivity index (χ2v) is 7.82. The molecule has 0 fully saturated rings. The SMILES string of the molecule is Nc1cc(COc2c(I)cc(I)cc2I)ccc1Cl. The minimum Gasteiger partial charge on any atom is -0.487 e. The number of nitrogen functional groups attached to an aromatic ring is 1. The van der Waals surface area contributed by atoms with Gasteiger partial charge in [0.1, 0.15) is 12.4 Å². The summed E-state index contributed by atoms with van der Waals surface area (Å²) in [6, 6.07) is 9.74. The maximum absolute atomic E-state index is 5.90. The molecule has 0 heterocycles. The van der Waals surface area contributed by atoms with Gasteiger partial charge < -0.3 is 10.5 Å². The van der Waals surface area contributed by atoms with Crippen LogP contribution in [0.15, 0.2) is 30.3 Å². The Labute approximate surface area is 157 Å². The van der Waals surface area contributed by atoms with Crippen molar-refractivity contribution in [3.63, 3.8) is 0 Å². The zero-order valence-electron chi connectivity index (χ0n) is 9.59. The molecule has 6 heteroatoms. The van der Waals surface area contributed by atoms with Crippen molar-refractivity contribution in [2.75, 3.05) is 5.73 Å². The predicted molar refractivity (Wildman–Crippen MR) is 105 cm³/mol. The van der Waals surface area contributed by atoms with Gasteiger partial charge in [0.25, 0.3) is 0 Å². The number of benzene rings is 2. The number of halogens is 4. The third-order valence-electron chi connectivity index (χ3n) is 2.41. The van der Waals surface area contributed by atoms with E-state index in [1.165, 1.54) is 3.57 Å². The van der Waals surface area contributed by atoms with E-state index in [9.17, 15) is 0 Å². The molecule has 100 valence electrons. The fourth-order valence-corrected chi connectivity index (χ4v) is 5.52. The average Bonchev–Trinajstić information content (AvgIpc) is 2.32. The minimum absolute atomic E-state index is 0.480. The maximum atomic E-state index is 5.90. The second-order valence-electron chi connectivity index (χ2n) is 3.84. The number of anilines is 1. The molecule has 19 heavy (non-hydrogen) atoms. The lowest BCUT2D eigenvalue weighted by molar-refractivity contribution is 0.302. The summed E-state index contributed by atoms with van der Waals surface area (Å²) in [6.45, 7) is 0.480. The van der Waals surface area contributed by atoms with Crippen molar-refractivity contribution in [1.29, 1.82) is 0 Å². The second kappa shape index (κ2) is 6.99. The standard InChI is InChI=1S/C13H9ClI3NO/c14-9-2-1-7(3-12(9)18)6-19-13-10(16)4-8(15)5-11(13)17/h1-5H,6,18H2. The molecule has 0 radical (unpaired) electrons. The molecule has 2 nitrogen and oxygen atoms in total. The number of hydrogen-bond donors (Lipinski definition) is 1. The van der Waals surface area contributed by atoms with Gasteiger partial charge in [-0.1, -0.05) is 17.7 Å². The first-order chi connectivity index (χ1) is 8.97. The highest BCUT2D eigenvalue weighted by atomic mass is 127. The van der Waals surface area contributed by atoms with Crippen molar-refractivity contribution in [2.24, 2.45) is 0 Å². The molecule has 2 N–H and O–H groups in total. The first-order valence-corrected chi connectivity index (χ1v) is 8.90. The van der Waals surface area contributed by atoms with E-state index in [0.717, 1.165) is 18.5 Å². The zero-order chi connectivity index (χ0) is 14.0. The normalized spacial score (nSPS) is 10.5. The molecule has 2 aromatic carbocycles.